The van der Waals surface area contributed by atoms with Crippen LogP contribution in [0.3, 0.4) is 0 Å². The van der Waals surface area contributed by atoms with E-state index in [4.69, 9.17) is 17.0 Å². The van der Waals surface area contributed by atoms with E-state index in [0.717, 1.165) is 12.8 Å². The summed E-state index contributed by atoms with van der Waals surface area (Å²) in [4.78, 5) is 12.6. The van der Waals surface area contributed by atoms with Crippen molar-refractivity contribution in [1.29, 1.82) is 0 Å². The summed E-state index contributed by atoms with van der Waals surface area (Å²) in [5.41, 5.74) is 0. The Hall–Kier alpha value is -0.840. The highest BCUT2D eigenvalue weighted by Crippen LogP contribution is 1.89. The van der Waals surface area contributed by atoms with Crippen molar-refractivity contribution in [1.82, 2.24) is 10.2 Å². The lowest BCUT2D eigenvalue weighted by Gasteiger charge is -2.13. The predicted molar refractivity (Wildman–Crippen MR) is 55.7 cm³/mol. The summed E-state index contributed by atoms with van der Waals surface area (Å²) < 4.78 is 4.84. The first-order valence-electron chi connectivity index (χ1n) is 4.23. The highest BCUT2D eigenvalue weighted by atomic mass is 32.1. The largest absolute Gasteiger partial charge is 0.449 e. The van der Waals surface area contributed by atoms with Crippen LogP contribution < -0.4 is 5.32 Å². The van der Waals surface area contributed by atoms with Crippen molar-refractivity contribution in [3.63, 3.8) is 0 Å². The Morgan fingerprint density at radius 3 is 2.62 bits per heavy atom. The molecule has 0 saturated heterocycles. The average molecular weight is 204 g/mol. The van der Waals surface area contributed by atoms with E-state index >= 15 is 0 Å². The van der Waals surface area contributed by atoms with Gasteiger partial charge in [0.1, 0.15) is 0 Å². The Balaban J connectivity index is 3.56. The number of thiocarbonyl (C=S) groups is 1. The number of amides is 1. The van der Waals surface area contributed by atoms with Crippen molar-refractivity contribution in [2.45, 2.75) is 19.8 Å². The second kappa shape index (κ2) is 6.65. The first kappa shape index (κ1) is 12.2. The van der Waals surface area contributed by atoms with Gasteiger partial charge in [-0.3, -0.25) is 5.32 Å². The number of unbranched alkanes of at least 4 members (excludes halogenated alkanes) is 1. The summed E-state index contributed by atoms with van der Waals surface area (Å²) in [5.74, 6) is 0. The average Bonchev–Trinajstić information content (AvgIpc) is 2.04. The van der Waals surface area contributed by atoms with Crippen LogP contribution in [0.15, 0.2) is 0 Å². The number of carbonyl (C=O) groups is 1. The third-order valence-corrected chi connectivity index (χ3v) is 1.81. The summed E-state index contributed by atoms with van der Waals surface area (Å²) in [6.07, 6.45) is 1.40. The van der Waals surface area contributed by atoms with E-state index in [1.165, 1.54) is 0 Å². The van der Waals surface area contributed by atoms with Crippen LogP contribution in [-0.4, -0.2) is 36.8 Å². The number of hydrogen-bond acceptors (Lipinski definition) is 3. The summed E-state index contributed by atoms with van der Waals surface area (Å²) in [6.45, 7) is 2.48. The molecule has 0 atom stereocenters. The lowest BCUT2D eigenvalue weighted by Crippen LogP contribution is -2.38. The molecule has 0 fully saturated rings. The molecule has 1 amide bonds. The second-order valence-corrected chi connectivity index (χ2v) is 3.20. The Morgan fingerprint density at radius 1 is 1.54 bits per heavy atom. The fourth-order valence-corrected chi connectivity index (χ4v) is 0.628. The molecule has 0 bridgehead atoms. The smallest absolute Gasteiger partial charge is 0.413 e. The lowest BCUT2D eigenvalue weighted by molar-refractivity contribution is 0.149. The fourth-order valence-electron chi connectivity index (χ4n) is 0.544. The van der Waals surface area contributed by atoms with Gasteiger partial charge in [-0.1, -0.05) is 13.3 Å². The first-order valence-corrected chi connectivity index (χ1v) is 4.63. The normalized spacial score (nSPS) is 9.15. The molecule has 0 heterocycles. The summed E-state index contributed by atoms with van der Waals surface area (Å²) >= 11 is 4.85. The van der Waals surface area contributed by atoms with E-state index in [-0.39, 0.29) is 0 Å². The zero-order chi connectivity index (χ0) is 10.3. The molecule has 76 valence electrons. The number of nitrogens with zero attached hydrogens (tertiary/aromatic N) is 1. The maximum Gasteiger partial charge on any atom is 0.413 e. The Kier molecular flexibility index (Phi) is 6.22. The fraction of sp³-hybridized carbons (Fsp3) is 0.750. The lowest BCUT2D eigenvalue weighted by atomic mass is 10.4. The molecule has 1 N–H and O–H groups in total. The van der Waals surface area contributed by atoms with E-state index in [1.54, 1.807) is 19.0 Å². The maximum atomic E-state index is 11.0. The van der Waals surface area contributed by atoms with Gasteiger partial charge in [0.2, 0.25) is 0 Å². The summed E-state index contributed by atoms with van der Waals surface area (Å²) in [7, 11) is 3.52. The Morgan fingerprint density at radius 2 is 2.15 bits per heavy atom. The summed E-state index contributed by atoms with van der Waals surface area (Å²) in [5, 5.41) is 2.80. The standard InChI is InChI=1S/C8H16N2O2S/c1-4-5-6-12-8(11)9-7(13)10(2)3/h4-6H2,1-3H3,(H,9,11,13). The number of alkyl carbamates (subject to hydrolysis) is 1. The van der Waals surface area contributed by atoms with Gasteiger partial charge in [-0.2, -0.15) is 0 Å². The van der Waals surface area contributed by atoms with Gasteiger partial charge in [0.05, 0.1) is 6.61 Å². The maximum absolute atomic E-state index is 11.0. The van der Waals surface area contributed by atoms with Gasteiger partial charge in [-0.25, -0.2) is 4.79 Å². The number of carbonyl (C=O) groups excluding carboxylic acids is 1. The van der Waals surface area contributed by atoms with Gasteiger partial charge in [0, 0.05) is 14.1 Å². The van der Waals surface area contributed by atoms with Gasteiger partial charge in [-0.15, -0.1) is 0 Å². The van der Waals surface area contributed by atoms with Crippen molar-refractivity contribution in [2.75, 3.05) is 20.7 Å². The summed E-state index contributed by atoms with van der Waals surface area (Å²) in [6, 6.07) is 0. The van der Waals surface area contributed by atoms with Crippen LogP contribution in [0.4, 0.5) is 4.79 Å². The van der Waals surface area contributed by atoms with Gasteiger partial charge >= 0.3 is 6.09 Å². The van der Waals surface area contributed by atoms with Crippen LogP contribution in [0, 0.1) is 0 Å². The molecule has 5 heteroatoms. The molecule has 0 radical (unpaired) electrons. The molecule has 0 rings (SSSR count). The van der Waals surface area contributed by atoms with E-state index in [1.807, 2.05) is 6.92 Å². The molecule has 0 saturated carbocycles. The molecule has 0 aliphatic heterocycles. The number of ether oxygens (including phenoxy) is 1. The van der Waals surface area contributed by atoms with E-state index in [2.05, 4.69) is 5.32 Å². The molecule has 0 aliphatic rings. The monoisotopic (exact) mass is 204 g/mol. The van der Waals surface area contributed by atoms with E-state index < -0.39 is 6.09 Å². The quantitative estimate of drug-likeness (QED) is 0.556. The van der Waals surface area contributed by atoms with Crippen LogP contribution >= 0.6 is 12.2 Å². The topological polar surface area (TPSA) is 41.6 Å². The van der Waals surface area contributed by atoms with Crippen LogP contribution in [0.5, 0.6) is 0 Å². The van der Waals surface area contributed by atoms with Crippen LogP contribution in [0.25, 0.3) is 0 Å². The first-order chi connectivity index (χ1) is 6.07. The molecular weight excluding hydrogens is 188 g/mol. The minimum atomic E-state index is -0.479. The third kappa shape index (κ3) is 6.33. The van der Waals surface area contributed by atoms with Crippen LogP contribution in [0.1, 0.15) is 19.8 Å². The molecule has 0 aromatic rings. The number of nitrogens with one attached hydrogen (secondary N) is 1. The highest BCUT2D eigenvalue weighted by molar-refractivity contribution is 7.80. The molecule has 0 aliphatic carbocycles. The number of rotatable bonds is 3. The predicted octanol–water partition coefficient (Wildman–Crippen LogP) is 1.36. The third-order valence-electron chi connectivity index (χ3n) is 1.35. The van der Waals surface area contributed by atoms with Crippen molar-refractivity contribution in [3.8, 4) is 0 Å². The van der Waals surface area contributed by atoms with E-state index in [0.29, 0.717) is 11.7 Å². The molecule has 0 spiro atoms. The Labute approximate surface area is 84.2 Å². The van der Waals surface area contributed by atoms with Gasteiger partial charge in [-0.05, 0) is 18.6 Å². The SMILES string of the molecule is CCCCOC(=O)NC(=S)N(C)C. The molecule has 0 aromatic heterocycles. The van der Waals surface area contributed by atoms with Gasteiger partial charge < -0.3 is 9.64 Å². The zero-order valence-corrected chi connectivity index (χ0v) is 9.11. The van der Waals surface area contributed by atoms with Crippen molar-refractivity contribution in [3.05, 3.63) is 0 Å². The van der Waals surface area contributed by atoms with Crippen molar-refractivity contribution in [2.24, 2.45) is 0 Å². The second-order valence-electron chi connectivity index (χ2n) is 2.81. The van der Waals surface area contributed by atoms with Crippen LogP contribution in [0.2, 0.25) is 0 Å². The Bertz CT molecular complexity index is 183. The number of hydrogen-bond donors (Lipinski definition) is 1. The molecular formula is C8H16N2O2S. The molecule has 0 aromatic carbocycles. The molecule has 13 heavy (non-hydrogen) atoms. The minimum absolute atomic E-state index is 0.362. The minimum Gasteiger partial charge on any atom is -0.449 e. The van der Waals surface area contributed by atoms with Gasteiger partial charge in [0.15, 0.2) is 5.11 Å². The van der Waals surface area contributed by atoms with Gasteiger partial charge in [0.25, 0.3) is 0 Å². The molecule has 4 nitrogen and oxygen atoms in total. The van der Waals surface area contributed by atoms with E-state index in [9.17, 15) is 4.79 Å². The van der Waals surface area contributed by atoms with Crippen LogP contribution in [-0.2, 0) is 4.74 Å². The molecule has 0 unspecified atom stereocenters. The van der Waals surface area contributed by atoms with Crippen molar-refractivity contribution < 1.29 is 9.53 Å². The highest BCUT2D eigenvalue weighted by Gasteiger charge is 2.05. The zero-order valence-electron chi connectivity index (χ0n) is 8.29. The van der Waals surface area contributed by atoms with Crippen molar-refractivity contribution >= 4 is 23.4 Å².